The lowest BCUT2D eigenvalue weighted by molar-refractivity contribution is 0.0483. The van der Waals surface area contributed by atoms with Crippen molar-refractivity contribution in [2.24, 2.45) is 5.16 Å². The van der Waals surface area contributed by atoms with Gasteiger partial charge in [-0.25, -0.2) is 0 Å². The second-order valence-electron chi connectivity index (χ2n) is 7.05. The van der Waals surface area contributed by atoms with E-state index in [0.717, 1.165) is 22.0 Å². The van der Waals surface area contributed by atoms with Gasteiger partial charge in [0.25, 0.3) is 5.91 Å². The minimum absolute atomic E-state index is 0.000754. The Morgan fingerprint density at radius 2 is 1.81 bits per heavy atom. The van der Waals surface area contributed by atoms with Gasteiger partial charge in [0, 0.05) is 19.0 Å². The molecule has 4 rings (SSSR count). The first kappa shape index (κ1) is 17.3. The van der Waals surface area contributed by atoms with Crippen LogP contribution in [0.3, 0.4) is 0 Å². The maximum Gasteiger partial charge on any atom is 0.254 e. The molecule has 1 aliphatic heterocycles. The van der Waals surface area contributed by atoms with Crippen LogP contribution in [0.15, 0.2) is 71.9 Å². The van der Waals surface area contributed by atoms with Crippen LogP contribution in [-0.2, 0) is 4.84 Å². The number of hydrogen-bond acceptors (Lipinski definition) is 3. The van der Waals surface area contributed by atoms with Gasteiger partial charge in [-0.2, -0.15) is 0 Å². The molecule has 4 heteroatoms. The number of likely N-dealkylation sites (N-methyl/N-ethyl adjacent to an activating group) is 1. The van der Waals surface area contributed by atoms with E-state index in [9.17, 15) is 4.79 Å². The van der Waals surface area contributed by atoms with Gasteiger partial charge in [-0.3, -0.25) is 4.79 Å². The monoisotopic (exact) mass is 358 g/mol. The van der Waals surface area contributed by atoms with Crippen molar-refractivity contribution in [1.29, 1.82) is 0 Å². The quantitative estimate of drug-likeness (QED) is 0.693. The zero-order valence-electron chi connectivity index (χ0n) is 15.6. The number of amides is 1. The van der Waals surface area contributed by atoms with Gasteiger partial charge in [0.15, 0.2) is 6.10 Å². The summed E-state index contributed by atoms with van der Waals surface area (Å²) in [6.45, 7) is 2.56. The molecule has 0 N–H and O–H groups in total. The molecule has 0 aliphatic carbocycles. The summed E-state index contributed by atoms with van der Waals surface area (Å²) in [6.07, 6.45) is 0.584. The van der Waals surface area contributed by atoms with E-state index in [-0.39, 0.29) is 12.0 Å². The van der Waals surface area contributed by atoms with Crippen molar-refractivity contribution in [2.45, 2.75) is 19.4 Å². The lowest BCUT2D eigenvalue weighted by Gasteiger charge is -2.21. The highest BCUT2D eigenvalue weighted by Crippen LogP contribution is 2.22. The van der Waals surface area contributed by atoms with Crippen molar-refractivity contribution >= 4 is 22.4 Å². The Morgan fingerprint density at radius 1 is 1.07 bits per heavy atom. The zero-order chi connectivity index (χ0) is 18.8. The van der Waals surface area contributed by atoms with E-state index in [1.807, 2.05) is 49.5 Å². The first-order chi connectivity index (χ1) is 13.1. The normalized spacial score (nSPS) is 16.1. The number of hydrogen-bond donors (Lipinski definition) is 0. The minimum atomic E-state index is -0.120. The highest BCUT2D eigenvalue weighted by atomic mass is 16.6. The summed E-state index contributed by atoms with van der Waals surface area (Å²) in [6, 6.07) is 22.0. The van der Waals surface area contributed by atoms with Crippen molar-refractivity contribution in [3.8, 4) is 0 Å². The second-order valence-corrected chi connectivity index (χ2v) is 7.05. The van der Waals surface area contributed by atoms with E-state index < -0.39 is 0 Å². The number of carbonyl (C=O) groups is 1. The Bertz CT molecular complexity index is 1000. The largest absolute Gasteiger partial charge is 0.390 e. The predicted molar refractivity (Wildman–Crippen MR) is 108 cm³/mol. The van der Waals surface area contributed by atoms with Crippen LogP contribution in [0.25, 0.3) is 10.8 Å². The molecule has 0 fully saturated rings. The van der Waals surface area contributed by atoms with Gasteiger partial charge in [-0.15, -0.1) is 0 Å². The molecule has 0 bridgehead atoms. The predicted octanol–water partition coefficient (Wildman–Crippen LogP) is 4.41. The number of carbonyl (C=O) groups excluding carboxylic acids is 1. The Balaban J connectivity index is 1.44. The molecule has 1 amide bonds. The highest BCUT2D eigenvalue weighted by molar-refractivity contribution is 6.07. The van der Waals surface area contributed by atoms with Gasteiger partial charge in [0.2, 0.25) is 0 Å². The number of aryl methyl sites for hydroxylation is 1. The molecule has 1 aliphatic rings. The summed E-state index contributed by atoms with van der Waals surface area (Å²) in [7, 11) is 1.82. The topological polar surface area (TPSA) is 41.9 Å². The molecule has 1 unspecified atom stereocenters. The molecule has 3 aromatic carbocycles. The van der Waals surface area contributed by atoms with Crippen molar-refractivity contribution in [1.82, 2.24) is 4.90 Å². The van der Waals surface area contributed by atoms with Crippen LogP contribution in [0.2, 0.25) is 0 Å². The minimum Gasteiger partial charge on any atom is -0.390 e. The molecule has 1 heterocycles. The summed E-state index contributed by atoms with van der Waals surface area (Å²) >= 11 is 0. The van der Waals surface area contributed by atoms with E-state index in [1.54, 1.807) is 4.90 Å². The van der Waals surface area contributed by atoms with E-state index in [1.165, 1.54) is 5.56 Å². The second kappa shape index (κ2) is 7.23. The average Bonchev–Trinajstić information content (AvgIpc) is 3.16. The molecule has 136 valence electrons. The number of rotatable bonds is 4. The molecule has 27 heavy (non-hydrogen) atoms. The van der Waals surface area contributed by atoms with Crippen LogP contribution in [0.1, 0.15) is 27.9 Å². The van der Waals surface area contributed by atoms with E-state index in [2.05, 4.69) is 36.3 Å². The number of nitrogens with zero attached hydrogens (tertiary/aromatic N) is 2. The third-order valence-electron chi connectivity index (χ3n) is 4.96. The van der Waals surface area contributed by atoms with Crippen molar-refractivity contribution in [3.05, 3.63) is 83.4 Å². The number of fused-ring (bicyclic) bond motifs is 1. The fraction of sp³-hybridized carbons (Fsp3) is 0.217. The molecule has 0 saturated heterocycles. The molecule has 0 saturated carbocycles. The van der Waals surface area contributed by atoms with E-state index in [4.69, 9.17) is 4.84 Å². The maximum absolute atomic E-state index is 13.0. The molecular weight excluding hydrogens is 336 g/mol. The Hall–Kier alpha value is -3.14. The molecule has 0 spiro atoms. The van der Waals surface area contributed by atoms with Gasteiger partial charge in [0.1, 0.15) is 0 Å². The lowest BCUT2D eigenvalue weighted by Crippen LogP contribution is -2.34. The van der Waals surface area contributed by atoms with Crippen molar-refractivity contribution < 1.29 is 9.63 Å². The Kier molecular flexibility index (Phi) is 4.63. The van der Waals surface area contributed by atoms with E-state index in [0.29, 0.717) is 18.5 Å². The van der Waals surface area contributed by atoms with Crippen LogP contribution < -0.4 is 0 Å². The van der Waals surface area contributed by atoms with Gasteiger partial charge in [0.05, 0.1) is 12.3 Å². The van der Waals surface area contributed by atoms with Crippen LogP contribution in [0, 0.1) is 6.92 Å². The molecular formula is C23H22N2O2. The smallest absolute Gasteiger partial charge is 0.254 e. The van der Waals surface area contributed by atoms with Gasteiger partial charge in [-0.1, -0.05) is 71.4 Å². The SMILES string of the molecule is Cc1ccc(C2=NOC(CN(C)C(=O)c3cccc4ccccc34)C2)cc1. The zero-order valence-corrected chi connectivity index (χ0v) is 15.6. The maximum atomic E-state index is 13.0. The lowest BCUT2D eigenvalue weighted by atomic mass is 10.0. The highest BCUT2D eigenvalue weighted by Gasteiger charge is 2.26. The number of benzene rings is 3. The summed E-state index contributed by atoms with van der Waals surface area (Å²) in [5.74, 6) is -0.000754. The average molecular weight is 358 g/mol. The summed E-state index contributed by atoms with van der Waals surface area (Å²) in [5.41, 5.74) is 3.95. The summed E-state index contributed by atoms with van der Waals surface area (Å²) in [5, 5.41) is 6.27. The van der Waals surface area contributed by atoms with Crippen LogP contribution in [0.4, 0.5) is 0 Å². The summed E-state index contributed by atoms with van der Waals surface area (Å²) < 4.78 is 0. The van der Waals surface area contributed by atoms with Gasteiger partial charge < -0.3 is 9.74 Å². The number of oxime groups is 1. The Morgan fingerprint density at radius 3 is 2.63 bits per heavy atom. The van der Waals surface area contributed by atoms with Crippen molar-refractivity contribution in [2.75, 3.05) is 13.6 Å². The van der Waals surface area contributed by atoms with Crippen molar-refractivity contribution in [3.63, 3.8) is 0 Å². The molecule has 1 atom stereocenters. The van der Waals surface area contributed by atoms with Crippen LogP contribution in [0.5, 0.6) is 0 Å². The van der Waals surface area contributed by atoms with Crippen LogP contribution >= 0.6 is 0 Å². The first-order valence-corrected chi connectivity index (χ1v) is 9.15. The first-order valence-electron chi connectivity index (χ1n) is 9.15. The fourth-order valence-corrected chi connectivity index (χ4v) is 3.45. The summed E-state index contributed by atoms with van der Waals surface area (Å²) in [4.78, 5) is 20.3. The standard InChI is InChI=1S/C23H22N2O2/c1-16-10-12-18(13-11-16)22-14-19(27-24-22)15-25(2)23(26)21-9-5-7-17-6-3-4-8-20(17)21/h3-13,19H,14-15H2,1-2H3. The molecule has 3 aromatic rings. The van der Waals surface area contributed by atoms with Crippen LogP contribution in [-0.4, -0.2) is 36.2 Å². The molecule has 0 aromatic heterocycles. The van der Waals surface area contributed by atoms with Gasteiger partial charge in [-0.05, 0) is 29.3 Å². The fourth-order valence-electron chi connectivity index (χ4n) is 3.45. The third kappa shape index (κ3) is 3.56. The molecule has 4 nitrogen and oxygen atoms in total. The third-order valence-corrected chi connectivity index (χ3v) is 4.96. The Labute approximate surface area is 159 Å². The van der Waals surface area contributed by atoms with E-state index >= 15 is 0 Å². The van der Waals surface area contributed by atoms with Gasteiger partial charge >= 0.3 is 0 Å². The molecule has 0 radical (unpaired) electrons.